The maximum Gasteiger partial charge on any atom is 0.120 e. The summed E-state index contributed by atoms with van der Waals surface area (Å²) in [6.45, 7) is 0.893. The first-order valence-electron chi connectivity index (χ1n) is 5.51. The van der Waals surface area contributed by atoms with Crippen molar-refractivity contribution in [3.63, 3.8) is 0 Å². The van der Waals surface area contributed by atoms with E-state index in [1.54, 1.807) is 0 Å². The standard InChI is InChI=1S/C12H14N4/c1-2-4-10(5-3-1)9-13-11-8-12(11)6-7-14-16-15-12/h1-7,11,13H,8-9H2,(H,14,15)/t11-,12-/m1/s1. The van der Waals surface area contributed by atoms with Crippen LogP contribution in [0.5, 0.6) is 0 Å². The van der Waals surface area contributed by atoms with E-state index in [0.29, 0.717) is 6.04 Å². The van der Waals surface area contributed by atoms with Gasteiger partial charge in [-0.25, -0.2) is 0 Å². The fourth-order valence-electron chi connectivity index (χ4n) is 2.02. The zero-order chi connectivity index (χ0) is 10.8. The van der Waals surface area contributed by atoms with Crippen LogP contribution in [0, 0.1) is 0 Å². The van der Waals surface area contributed by atoms with Crippen LogP contribution in [0.3, 0.4) is 0 Å². The van der Waals surface area contributed by atoms with Crippen molar-refractivity contribution >= 4 is 0 Å². The zero-order valence-electron chi connectivity index (χ0n) is 8.93. The van der Waals surface area contributed by atoms with Crippen molar-refractivity contribution in [3.8, 4) is 0 Å². The fourth-order valence-corrected chi connectivity index (χ4v) is 2.02. The summed E-state index contributed by atoms with van der Waals surface area (Å²) in [5.41, 5.74) is 3.96. The summed E-state index contributed by atoms with van der Waals surface area (Å²) in [7, 11) is 0. The highest BCUT2D eigenvalue weighted by molar-refractivity contribution is 5.27. The van der Waals surface area contributed by atoms with Crippen LogP contribution < -0.4 is 10.7 Å². The van der Waals surface area contributed by atoms with E-state index in [1.165, 1.54) is 5.56 Å². The van der Waals surface area contributed by atoms with Crippen LogP contribution in [0.25, 0.3) is 0 Å². The summed E-state index contributed by atoms with van der Waals surface area (Å²) in [5.74, 6) is 0. The number of rotatable bonds is 3. The van der Waals surface area contributed by atoms with Crippen molar-refractivity contribution in [3.05, 3.63) is 48.2 Å². The van der Waals surface area contributed by atoms with E-state index in [9.17, 15) is 0 Å². The van der Waals surface area contributed by atoms with Crippen molar-refractivity contribution in [2.75, 3.05) is 0 Å². The monoisotopic (exact) mass is 214 g/mol. The first-order valence-corrected chi connectivity index (χ1v) is 5.51. The van der Waals surface area contributed by atoms with Gasteiger partial charge in [-0.15, -0.1) is 0 Å². The third kappa shape index (κ3) is 1.72. The molecule has 1 fully saturated rings. The van der Waals surface area contributed by atoms with Gasteiger partial charge < -0.3 is 5.32 Å². The lowest BCUT2D eigenvalue weighted by atomic mass is 10.2. The second kappa shape index (κ2) is 3.72. The molecule has 4 heteroatoms. The predicted molar refractivity (Wildman–Crippen MR) is 61.5 cm³/mol. The molecule has 1 aromatic carbocycles. The van der Waals surface area contributed by atoms with Gasteiger partial charge in [-0.1, -0.05) is 35.6 Å². The van der Waals surface area contributed by atoms with Crippen LogP contribution in [0.1, 0.15) is 12.0 Å². The SMILES string of the molecule is C1=C[C@]2(C[C@H]2NCc2ccccc2)N=NN1. The molecule has 0 unspecified atom stereocenters. The molecule has 4 nitrogen and oxygen atoms in total. The molecule has 1 heterocycles. The second-order valence-corrected chi connectivity index (χ2v) is 4.28. The van der Waals surface area contributed by atoms with E-state index in [1.807, 2.05) is 12.3 Å². The van der Waals surface area contributed by atoms with Crippen molar-refractivity contribution in [2.24, 2.45) is 10.3 Å². The lowest BCUT2D eigenvalue weighted by Crippen LogP contribution is -2.25. The Kier molecular flexibility index (Phi) is 2.22. The molecule has 0 saturated heterocycles. The Bertz CT molecular complexity index is 412. The minimum Gasteiger partial charge on any atom is -0.307 e. The molecular weight excluding hydrogens is 200 g/mol. The molecule has 2 atom stereocenters. The minimum absolute atomic E-state index is 0.0694. The number of nitrogens with zero attached hydrogens (tertiary/aromatic N) is 2. The van der Waals surface area contributed by atoms with Gasteiger partial charge in [0.2, 0.25) is 0 Å². The van der Waals surface area contributed by atoms with Crippen molar-refractivity contribution in [1.29, 1.82) is 0 Å². The quantitative estimate of drug-likeness (QED) is 0.805. The zero-order valence-corrected chi connectivity index (χ0v) is 8.93. The first-order chi connectivity index (χ1) is 7.89. The summed E-state index contributed by atoms with van der Waals surface area (Å²) in [5, 5.41) is 11.6. The molecule has 16 heavy (non-hydrogen) atoms. The molecule has 1 aromatic rings. The van der Waals surface area contributed by atoms with Crippen molar-refractivity contribution in [2.45, 2.75) is 24.5 Å². The van der Waals surface area contributed by atoms with Crippen LogP contribution in [0.4, 0.5) is 0 Å². The molecule has 0 bridgehead atoms. The maximum absolute atomic E-state index is 4.23. The topological polar surface area (TPSA) is 48.8 Å². The highest BCUT2D eigenvalue weighted by Crippen LogP contribution is 2.42. The second-order valence-electron chi connectivity index (χ2n) is 4.28. The molecule has 2 aliphatic rings. The summed E-state index contributed by atoms with van der Waals surface area (Å²) >= 11 is 0. The van der Waals surface area contributed by atoms with E-state index in [2.05, 4.69) is 51.4 Å². The Morgan fingerprint density at radius 3 is 3.00 bits per heavy atom. The van der Waals surface area contributed by atoms with Gasteiger partial charge in [-0.3, -0.25) is 5.43 Å². The molecular formula is C12H14N4. The molecule has 0 amide bonds. The molecule has 1 saturated carbocycles. The third-order valence-corrected chi connectivity index (χ3v) is 3.11. The van der Waals surface area contributed by atoms with E-state index in [-0.39, 0.29) is 5.54 Å². The smallest absolute Gasteiger partial charge is 0.120 e. The van der Waals surface area contributed by atoms with Gasteiger partial charge in [0.15, 0.2) is 0 Å². The fraction of sp³-hybridized carbons (Fsp3) is 0.333. The Balaban J connectivity index is 1.57. The van der Waals surface area contributed by atoms with E-state index in [4.69, 9.17) is 0 Å². The van der Waals surface area contributed by atoms with Gasteiger partial charge in [0.1, 0.15) is 5.54 Å². The summed E-state index contributed by atoms with van der Waals surface area (Å²) < 4.78 is 0. The number of nitrogens with one attached hydrogen (secondary N) is 2. The van der Waals surface area contributed by atoms with Gasteiger partial charge in [-0.05, 0) is 18.1 Å². The first kappa shape index (κ1) is 9.54. The van der Waals surface area contributed by atoms with E-state index >= 15 is 0 Å². The molecule has 0 radical (unpaired) electrons. The molecule has 0 aromatic heterocycles. The highest BCUT2D eigenvalue weighted by atomic mass is 15.5. The summed E-state index contributed by atoms with van der Waals surface area (Å²) in [4.78, 5) is 0. The average molecular weight is 214 g/mol. The van der Waals surface area contributed by atoms with E-state index < -0.39 is 0 Å². The average Bonchev–Trinajstić information content (AvgIpc) is 3.01. The van der Waals surface area contributed by atoms with Gasteiger partial charge >= 0.3 is 0 Å². The predicted octanol–water partition coefficient (Wildman–Crippen LogP) is 1.77. The molecule has 3 rings (SSSR count). The van der Waals surface area contributed by atoms with Crippen molar-refractivity contribution < 1.29 is 0 Å². The molecule has 1 spiro atoms. The summed E-state index contributed by atoms with van der Waals surface area (Å²) in [6, 6.07) is 10.8. The van der Waals surface area contributed by atoms with Crippen LogP contribution in [0.2, 0.25) is 0 Å². The molecule has 2 N–H and O–H groups in total. The van der Waals surface area contributed by atoms with Gasteiger partial charge in [0.05, 0.1) is 0 Å². The van der Waals surface area contributed by atoms with Gasteiger partial charge in [0, 0.05) is 18.8 Å². The molecule has 1 aliphatic heterocycles. The maximum atomic E-state index is 4.23. The number of hydrogen-bond acceptors (Lipinski definition) is 4. The minimum atomic E-state index is -0.0694. The lowest BCUT2D eigenvalue weighted by molar-refractivity contribution is 0.588. The highest BCUT2D eigenvalue weighted by Gasteiger charge is 2.53. The lowest BCUT2D eigenvalue weighted by Gasteiger charge is -2.10. The Labute approximate surface area is 94.4 Å². The Morgan fingerprint density at radius 1 is 1.38 bits per heavy atom. The third-order valence-electron chi connectivity index (χ3n) is 3.11. The van der Waals surface area contributed by atoms with Crippen LogP contribution in [-0.4, -0.2) is 11.6 Å². The largest absolute Gasteiger partial charge is 0.307 e. The normalized spacial score (nSPS) is 30.4. The van der Waals surface area contributed by atoms with Gasteiger partial charge in [0.25, 0.3) is 0 Å². The Morgan fingerprint density at radius 2 is 2.25 bits per heavy atom. The molecule has 1 aliphatic carbocycles. The summed E-state index contributed by atoms with van der Waals surface area (Å²) in [6.07, 6.45) is 4.99. The number of benzene rings is 1. The Hall–Kier alpha value is -1.68. The van der Waals surface area contributed by atoms with E-state index in [0.717, 1.165) is 13.0 Å². The molecule has 82 valence electrons. The van der Waals surface area contributed by atoms with Crippen LogP contribution in [0.15, 0.2) is 52.9 Å². The van der Waals surface area contributed by atoms with Crippen molar-refractivity contribution in [1.82, 2.24) is 10.7 Å². The van der Waals surface area contributed by atoms with Crippen LogP contribution in [-0.2, 0) is 6.54 Å². The number of hydrogen-bond donors (Lipinski definition) is 2. The van der Waals surface area contributed by atoms with Gasteiger partial charge in [-0.2, -0.15) is 5.11 Å². The van der Waals surface area contributed by atoms with Crippen LogP contribution >= 0.6 is 0 Å².